The number of ether oxygens (including phenoxy) is 4. The van der Waals surface area contributed by atoms with Crippen molar-refractivity contribution in [2.45, 2.75) is 27.7 Å². The van der Waals surface area contributed by atoms with Crippen molar-refractivity contribution in [2.75, 3.05) is 0 Å². The van der Waals surface area contributed by atoms with E-state index in [0.717, 1.165) is 27.7 Å². The van der Waals surface area contributed by atoms with E-state index in [1.165, 1.54) is 12.1 Å². The molecule has 2 rings (SSSR count). The average molecular weight is 546 g/mol. The maximum absolute atomic E-state index is 13.2. The van der Waals surface area contributed by atoms with Crippen molar-refractivity contribution >= 4 is 66.5 Å². The summed E-state index contributed by atoms with van der Waals surface area (Å²) in [7, 11) is 0. The van der Waals surface area contributed by atoms with Crippen molar-refractivity contribution in [3.63, 3.8) is 0 Å². The molecule has 0 N–H and O–H groups in total. The second-order valence-corrected chi connectivity index (χ2v) is 7.45. The Kier molecular flexibility index (Phi) is 7.32. The van der Waals surface area contributed by atoms with Crippen molar-refractivity contribution in [3.05, 3.63) is 31.3 Å². The molecule has 2 aromatic carbocycles. The zero-order valence-corrected chi connectivity index (χ0v) is 19.3. The maximum atomic E-state index is 13.2. The lowest BCUT2D eigenvalue weighted by Gasteiger charge is -2.16. The van der Waals surface area contributed by atoms with E-state index in [0.29, 0.717) is 0 Å². The van der Waals surface area contributed by atoms with Gasteiger partial charge in [0.05, 0.1) is 14.3 Å². The van der Waals surface area contributed by atoms with Crippen LogP contribution in [0.4, 0.5) is 0 Å². The summed E-state index contributed by atoms with van der Waals surface area (Å²) in [6, 6.07) is 2.84. The first-order chi connectivity index (χ1) is 13.9. The van der Waals surface area contributed by atoms with Gasteiger partial charge in [0.15, 0.2) is 17.2 Å². The normalized spacial score (nSPS) is 10.3. The predicted octanol–water partition coefficient (Wildman–Crippen LogP) is 3.43. The van der Waals surface area contributed by atoms with Gasteiger partial charge in [-0.3, -0.25) is 24.0 Å². The van der Waals surface area contributed by atoms with Crippen LogP contribution in [0.5, 0.6) is 23.0 Å². The van der Waals surface area contributed by atoms with Crippen LogP contribution in [-0.4, -0.2) is 23.9 Å². The first-order valence-electron chi connectivity index (χ1n) is 8.19. The van der Waals surface area contributed by atoms with E-state index in [2.05, 4.69) is 31.9 Å². The highest BCUT2D eigenvalue weighted by molar-refractivity contribution is 9.11. The summed E-state index contributed by atoms with van der Waals surface area (Å²) in [5.74, 6) is -4.83. The average Bonchev–Trinajstić information content (AvgIpc) is 2.72. The topological polar surface area (TPSA) is 122 Å². The highest BCUT2D eigenvalue weighted by Crippen LogP contribution is 2.49. The molecule has 0 saturated heterocycles. The van der Waals surface area contributed by atoms with Gasteiger partial charge in [-0.15, -0.1) is 0 Å². The monoisotopic (exact) mass is 544 g/mol. The van der Waals surface area contributed by atoms with Crippen LogP contribution in [0.2, 0.25) is 0 Å². The predicted molar refractivity (Wildman–Crippen MR) is 111 cm³/mol. The van der Waals surface area contributed by atoms with Crippen molar-refractivity contribution in [2.24, 2.45) is 0 Å². The highest BCUT2D eigenvalue weighted by Gasteiger charge is 2.28. The van der Waals surface area contributed by atoms with Crippen LogP contribution in [0.25, 0.3) is 10.8 Å². The summed E-state index contributed by atoms with van der Waals surface area (Å²) in [6.07, 6.45) is 0. The van der Waals surface area contributed by atoms with Gasteiger partial charge in [0.2, 0.25) is 11.2 Å². The van der Waals surface area contributed by atoms with Crippen molar-refractivity contribution in [1.82, 2.24) is 0 Å². The Morgan fingerprint density at radius 1 is 0.667 bits per heavy atom. The van der Waals surface area contributed by atoms with Gasteiger partial charge in [-0.2, -0.15) is 0 Å². The van der Waals surface area contributed by atoms with Crippen LogP contribution in [0.15, 0.2) is 25.9 Å². The van der Waals surface area contributed by atoms with Gasteiger partial charge < -0.3 is 18.9 Å². The van der Waals surface area contributed by atoms with Gasteiger partial charge in [0.1, 0.15) is 0 Å². The Labute approximate surface area is 186 Å². The summed E-state index contributed by atoms with van der Waals surface area (Å²) in [6.45, 7) is 4.34. The molecule has 158 valence electrons. The molecule has 0 spiro atoms. The van der Waals surface area contributed by atoms with E-state index >= 15 is 0 Å². The summed E-state index contributed by atoms with van der Waals surface area (Å²) in [5.41, 5.74) is -0.850. The lowest BCUT2D eigenvalue weighted by atomic mass is 10.1. The van der Waals surface area contributed by atoms with Crippen LogP contribution in [0.1, 0.15) is 27.7 Å². The SMILES string of the molecule is CC(=O)Oc1c(OC(C)=O)c(OC(C)=O)c2c(=O)c(OC(C)=O)c(Br)ccc2c1Br. The third-order valence-corrected chi connectivity index (χ3v) is 4.79. The fourth-order valence-electron chi connectivity index (χ4n) is 2.46. The molecule has 0 saturated carbocycles. The van der Waals surface area contributed by atoms with Gasteiger partial charge in [-0.05, 0) is 37.9 Å². The van der Waals surface area contributed by atoms with Crippen molar-refractivity contribution in [3.8, 4) is 23.0 Å². The number of hydrogen-bond donors (Lipinski definition) is 0. The number of benzene rings is 1. The second kappa shape index (κ2) is 9.35. The molecule has 0 radical (unpaired) electrons. The number of esters is 4. The first kappa shape index (κ1) is 23.5. The van der Waals surface area contributed by atoms with Crippen LogP contribution in [0, 0.1) is 0 Å². The number of carbonyl (C=O) groups excluding carboxylic acids is 4. The molecule has 0 unspecified atom stereocenters. The molecule has 0 aliphatic rings. The Balaban J connectivity index is 3.18. The molecule has 9 nitrogen and oxygen atoms in total. The maximum Gasteiger partial charge on any atom is 0.308 e. The zero-order chi connectivity index (χ0) is 22.7. The number of carbonyl (C=O) groups is 4. The minimum Gasteiger partial charge on any atom is -0.422 e. The molecule has 2 aromatic rings. The summed E-state index contributed by atoms with van der Waals surface area (Å²) >= 11 is 6.39. The van der Waals surface area contributed by atoms with Gasteiger partial charge in [-0.25, -0.2) is 0 Å². The molecule has 0 amide bonds. The van der Waals surface area contributed by atoms with Crippen LogP contribution < -0.4 is 24.4 Å². The Bertz CT molecular complexity index is 1160. The second-order valence-electron chi connectivity index (χ2n) is 5.80. The lowest BCUT2D eigenvalue weighted by Crippen LogP contribution is -2.15. The molecule has 0 heterocycles. The number of rotatable bonds is 4. The molecular weight excluding hydrogens is 532 g/mol. The Morgan fingerprint density at radius 3 is 1.60 bits per heavy atom. The third kappa shape index (κ3) is 5.03. The number of halogens is 2. The van der Waals surface area contributed by atoms with Crippen LogP contribution >= 0.6 is 31.9 Å². The van der Waals surface area contributed by atoms with E-state index in [9.17, 15) is 24.0 Å². The minimum absolute atomic E-state index is 0.0637. The molecule has 0 aliphatic carbocycles. The van der Waals surface area contributed by atoms with E-state index in [4.69, 9.17) is 18.9 Å². The first-order valence-corrected chi connectivity index (χ1v) is 9.78. The van der Waals surface area contributed by atoms with E-state index in [-0.39, 0.29) is 31.2 Å². The fourth-order valence-corrected chi connectivity index (χ4v) is 3.44. The van der Waals surface area contributed by atoms with Gasteiger partial charge in [0, 0.05) is 33.1 Å². The molecule has 0 aliphatic heterocycles. The van der Waals surface area contributed by atoms with Gasteiger partial charge in [0.25, 0.3) is 0 Å². The molecular formula is C19H14Br2O9. The minimum atomic E-state index is -0.850. The Hall–Kier alpha value is -2.79. The van der Waals surface area contributed by atoms with Crippen LogP contribution in [-0.2, 0) is 19.2 Å². The molecule has 11 heteroatoms. The smallest absolute Gasteiger partial charge is 0.308 e. The summed E-state index contributed by atoms with van der Waals surface area (Å²) in [4.78, 5) is 59.8. The fraction of sp³-hybridized carbons (Fsp3) is 0.211. The van der Waals surface area contributed by atoms with E-state index in [1.807, 2.05) is 0 Å². The van der Waals surface area contributed by atoms with E-state index < -0.39 is 40.8 Å². The van der Waals surface area contributed by atoms with Crippen LogP contribution in [0.3, 0.4) is 0 Å². The van der Waals surface area contributed by atoms with Gasteiger partial charge in [-0.1, -0.05) is 6.07 Å². The molecule has 0 atom stereocenters. The summed E-state index contributed by atoms with van der Waals surface area (Å²) in [5, 5.41) is -0.131. The van der Waals surface area contributed by atoms with Gasteiger partial charge >= 0.3 is 23.9 Å². The molecule has 30 heavy (non-hydrogen) atoms. The molecule has 0 fully saturated rings. The third-order valence-electron chi connectivity index (χ3n) is 3.37. The Morgan fingerprint density at radius 2 is 1.10 bits per heavy atom. The summed E-state index contributed by atoms with van der Waals surface area (Å²) < 4.78 is 20.7. The largest absolute Gasteiger partial charge is 0.422 e. The highest BCUT2D eigenvalue weighted by atomic mass is 79.9. The standard InChI is InChI=1S/C19H14Br2O9/c1-7(22)27-16-12(20)6-5-11-13(15(16)26)17(28-8(2)23)19(30-10(4)25)18(14(11)21)29-9(3)24/h5-6H,1-4H3. The lowest BCUT2D eigenvalue weighted by molar-refractivity contribution is -0.135. The zero-order valence-electron chi connectivity index (χ0n) is 16.1. The molecule has 0 aromatic heterocycles. The number of hydrogen-bond acceptors (Lipinski definition) is 9. The quantitative estimate of drug-likeness (QED) is 0.420. The van der Waals surface area contributed by atoms with Crippen molar-refractivity contribution < 1.29 is 38.1 Å². The van der Waals surface area contributed by atoms with Crippen molar-refractivity contribution in [1.29, 1.82) is 0 Å². The number of fused-ring (bicyclic) bond motifs is 1. The van der Waals surface area contributed by atoms with E-state index in [1.54, 1.807) is 0 Å². The molecule has 0 bridgehead atoms.